The molecule has 1 heterocycles. The summed E-state index contributed by atoms with van der Waals surface area (Å²) in [5, 5.41) is 0. The van der Waals surface area contributed by atoms with Gasteiger partial charge in [0.2, 0.25) is 0 Å². The molecule has 0 atom stereocenters. The van der Waals surface area contributed by atoms with E-state index in [1.54, 1.807) is 0 Å². The summed E-state index contributed by atoms with van der Waals surface area (Å²) in [6.45, 7) is 2.42. The fraction of sp³-hybridized carbons (Fsp3) is 0.286. The summed E-state index contributed by atoms with van der Waals surface area (Å²) in [5.41, 5.74) is 3.35. The predicted molar refractivity (Wildman–Crippen MR) is 97.9 cm³/mol. The maximum atomic E-state index is 12.7. The van der Waals surface area contributed by atoms with Crippen molar-refractivity contribution in [3.05, 3.63) is 70.6 Å². The molecular formula is C21H20F3NO2. The number of hydrogen-bond acceptors (Lipinski definition) is 2. The maximum absolute atomic E-state index is 12.7. The zero-order valence-corrected chi connectivity index (χ0v) is 15.1. The van der Waals surface area contributed by atoms with Crippen LogP contribution in [0.4, 0.5) is 13.2 Å². The first-order chi connectivity index (χ1) is 12.8. The number of hydrogen-bond donors (Lipinski definition) is 0. The third kappa shape index (κ3) is 3.99. The van der Waals surface area contributed by atoms with Gasteiger partial charge >= 0.3 is 12.1 Å². The SMILES string of the molecule is CCC1=Cc2ccn(Cc3ccc(C(F)(F)F)cc3)c2C(C(=O)OC)=CC1. The number of carbonyl (C=O) groups excluding carboxylic acids is 1. The molecule has 1 aromatic carbocycles. The highest BCUT2D eigenvalue weighted by Crippen LogP contribution is 2.32. The van der Waals surface area contributed by atoms with Crippen LogP contribution in [0.15, 0.2) is 48.2 Å². The average Bonchev–Trinajstić information content (AvgIpc) is 2.92. The molecule has 3 nitrogen and oxygen atoms in total. The highest BCUT2D eigenvalue weighted by Gasteiger charge is 2.30. The number of carbonyl (C=O) groups is 1. The molecule has 6 heteroatoms. The van der Waals surface area contributed by atoms with Crippen molar-refractivity contribution in [2.45, 2.75) is 32.5 Å². The minimum atomic E-state index is -4.36. The molecule has 3 rings (SSSR count). The van der Waals surface area contributed by atoms with Crippen LogP contribution in [-0.4, -0.2) is 17.6 Å². The molecule has 0 spiro atoms. The summed E-state index contributed by atoms with van der Waals surface area (Å²) >= 11 is 0. The Bertz CT molecular complexity index is 902. The molecule has 0 fully saturated rings. The van der Waals surface area contributed by atoms with Crippen LogP contribution in [-0.2, 0) is 22.3 Å². The first-order valence-electron chi connectivity index (χ1n) is 8.67. The van der Waals surface area contributed by atoms with Gasteiger partial charge in [0.1, 0.15) is 0 Å². The molecule has 0 saturated heterocycles. The van der Waals surface area contributed by atoms with Crippen LogP contribution in [0, 0.1) is 0 Å². The molecule has 0 radical (unpaired) electrons. The highest BCUT2D eigenvalue weighted by molar-refractivity contribution is 6.17. The van der Waals surface area contributed by atoms with Crippen molar-refractivity contribution >= 4 is 17.6 Å². The molecule has 1 aliphatic carbocycles. The first-order valence-corrected chi connectivity index (χ1v) is 8.67. The fourth-order valence-corrected chi connectivity index (χ4v) is 3.19. The molecule has 0 amide bonds. The maximum Gasteiger partial charge on any atom is 0.416 e. The number of allylic oxidation sites excluding steroid dienone is 2. The standard InChI is InChI=1S/C21H20F3NO2/c1-3-14-6-9-18(20(26)27-2)19-16(12-14)10-11-25(19)13-15-4-7-17(8-5-15)21(22,23)24/h4-5,7-12H,3,6,13H2,1-2H3. The van der Waals surface area contributed by atoms with Crippen molar-refractivity contribution in [3.63, 3.8) is 0 Å². The van der Waals surface area contributed by atoms with Crippen LogP contribution < -0.4 is 0 Å². The minimum Gasteiger partial charge on any atom is -0.465 e. The summed E-state index contributed by atoms with van der Waals surface area (Å²) in [6, 6.07) is 6.98. The number of benzene rings is 1. The van der Waals surface area contributed by atoms with Crippen molar-refractivity contribution in [2.24, 2.45) is 0 Å². The van der Waals surface area contributed by atoms with Gasteiger partial charge < -0.3 is 9.30 Å². The van der Waals surface area contributed by atoms with Gasteiger partial charge in [-0.05, 0) is 36.6 Å². The summed E-state index contributed by atoms with van der Waals surface area (Å²) in [5.74, 6) is -0.422. The van der Waals surface area contributed by atoms with E-state index in [0.717, 1.165) is 35.4 Å². The Hall–Kier alpha value is -2.76. The van der Waals surface area contributed by atoms with E-state index in [4.69, 9.17) is 4.74 Å². The van der Waals surface area contributed by atoms with E-state index in [1.165, 1.54) is 24.8 Å². The zero-order valence-electron chi connectivity index (χ0n) is 15.1. The summed E-state index contributed by atoms with van der Waals surface area (Å²) in [6.07, 6.45) is 2.94. The third-order valence-corrected chi connectivity index (χ3v) is 4.67. The Morgan fingerprint density at radius 1 is 1.19 bits per heavy atom. The lowest BCUT2D eigenvalue weighted by atomic mass is 10.1. The van der Waals surface area contributed by atoms with Gasteiger partial charge in [-0.2, -0.15) is 13.2 Å². The Morgan fingerprint density at radius 2 is 1.89 bits per heavy atom. The second kappa shape index (κ2) is 7.47. The van der Waals surface area contributed by atoms with E-state index in [-0.39, 0.29) is 0 Å². The van der Waals surface area contributed by atoms with Crippen molar-refractivity contribution in [3.8, 4) is 0 Å². The van der Waals surface area contributed by atoms with Crippen molar-refractivity contribution in [1.29, 1.82) is 0 Å². The molecule has 0 aliphatic heterocycles. The van der Waals surface area contributed by atoms with E-state index in [2.05, 4.69) is 13.0 Å². The monoisotopic (exact) mass is 375 g/mol. The molecule has 2 aromatic rings. The lowest BCUT2D eigenvalue weighted by Crippen LogP contribution is -2.11. The Morgan fingerprint density at radius 3 is 2.48 bits per heavy atom. The number of ether oxygens (including phenoxy) is 1. The highest BCUT2D eigenvalue weighted by atomic mass is 19.4. The molecular weight excluding hydrogens is 355 g/mol. The van der Waals surface area contributed by atoms with Crippen molar-refractivity contribution in [1.82, 2.24) is 4.57 Å². The van der Waals surface area contributed by atoms with Gasteiger partial charge in [-0.3, -0.25) is 0 Å². The Balaban J connectivity index is 1.98. The average molecular weight is 375 g/mol. The van der Waals surface area contributed by atoms with E-state index >= 15 is 0 Å². The van der Waals surface area contributed by atoms with E-state index < -0.39 is 17.7 Å². The van der Waals surface area contributed by atoms with Crippen LogP contribution in [0.3, 0.4) is 0 Å². The van der Waals surface area contributed by atoms with Crippen LogP contribution in [0.2, 0.25) is 0 Å². The van der Waals surface area contributed by atoms with E-state index in [1.807, 2.05) is 22.9 Å². The first kappa shape index (κ1) is 19.0. The fourth-order valence-electron chi connectivity index (χ4n) is 3.19. The zero-order chi connectivity index (χ0) is 19.6. The summed E-state index contributed by atoms with van der Waals surface area (Å²) < 4.78 is 45.0. The molecule has 0 saturated carbocycles. The molecule has 0 bridgehead atoms. The second-order valence-electron chi connectivity index (χ2n) is 6.41. The van der Waals surface area contributed by atoms with Gasteiger partial charge in [0.15, 0.2) is 0 Å². The molecule has 1 aromatic heterocycles. The Kier molecular flexibility index (Phi) is 5.26. The molecule has 0 N–H and O–H groups in total. The summed E-state index contributed by atoms with van der Waals surface area (Å²) in [7, 11) is 1.34. The van der Waals surface area contributed by atoms with Gasteiger partial charge in [0.25, 0.3) is 0 Å². The number of alkyl halides is 3. The quantitative estimate of drug-likeness (QED) is 0.678. The minimum absolute atomic E-state index is 0.358. The lowest BCUT2D eigenvalue weighted by molar-refractivity contribution is -0.137. The third-order valence-electron chi connectivity index (χ3n) is 4.67. The van der Waals surface area contributed by atoms with E-state index in [0.29, 0.717) is 18.5 Å². The largest absolute Gasteiger partial charge is 0.465 e. The summed E-state index contributed by atoms with van der Waals surface area (Å²) in [4.78, 5) is 12.3. The van der Waals surface area contributed by atoms with Gasteiger partial charge in [-0.15, -0.1) is 0 Å². The van der Waals surface area contributed by atoms with Crippen LogP contribution in [0.25, 0.3) is 11.6 Å². The predicted octanol–water partition coefficient (Wildman–Crippen LogP) is 5.31. The normalized spacial score (nSPS) is 14.1. The van der Waals surface area contributed by atoms with Crippen LogP contribution >= 0.6 is 0 Å². The molecule has 27 heavy (non-hydrogen) atoms. The smallest absolute Gasteiger partial charge is 0.416 e. The van der Waals surface area contributed by atoms with Crippen molar-refractivity contribution < 1.29 is 22.7 Å². The van der Waals surface area contributed by atoms with Gasteiger partial charge in [0.05, 0.1) is 23.9 Å². The van der Waals surface area contributed by atoms with Gasteiger partial charge in [0, 0.05) is 18.3 Å². The number of esters is 1. The number of nitrogens with zero attached hydrogens (tertiary/aromatic N) is 1. The molecule has 142 valence electrons. The number of aromatic nitrogens is 1. The Labute approximate surface area is 155 Å². The van der Waals surface area contributed by atoms with Crippen LogP contribution in [0.5, 0.6) is 0 Å². The number of methoxy groups -OCH3 is 1. The lowest BCUT2D eigenvalue weighted by Gasteiger charge is -2.13. The molecule has 1 aliphatic rings. The molecule has 0 unspecified atom stereocenters. The van der Waals surface area contributed by atoms with Crippen LogP contribution in [0.1, 0.15) is 42.1 Å². The second-order valence-corrected chi connectivity index (χ2v) is 6.41. The number of rotatable bonds is 4. The number of halogens is 3. The number of fused-ring (bicyclic) bond motifs is 1. The van der Waals surface area contributed by atoms with Gasteiger partial charge in [-0.1, -0.05) is 36.8 Å². The van der Waals surface area contributed by atoms with Gasteiger partial charge in [-0.25, -0.2) is 4.79 Å². The topological polar surface area (TPSA) is 31.2 Å². The van der Waals surface area contributed by atoms with Crippen molar-refractivity contribution in [2.75, 3.05) is 7.11 Å². The van der Waals surface area contributed by atoms with E-state index in [9.17, 15) is 18.0 Å².